The first-order valence-corrected chi connectivity index (χ1v) is 5.54. The van der Waals surface area contributed by atoms with E-state index in [0.29, 0.717) is 6.54 Å². The highest BCUT2D eigenvalue weighted by atomic mass is 32.2. The minimum Gasteiger partial charge on any atom is -0.378 e. The summed E-state index contributed by atoms with van der Waals surface area (Å²) in [6.07, 6.45) is 3.15. The predicted molar refractivity (Wildman–Crippen MR) is 60.0 cm³/mol. The Balaban J connectivity index is 2.86. The van der Waals surface area contributed by atoms with Crippen LogP contribution in [0.5, 0.6) is 0 Å². The summed E-state index contributed by atoms with van der Waals surface area (Å²) >= 11 is 1.63. The Kier molecular flexibility index (Phi) is 4.10. The summed E-state index contributed by atoms with van der Waals surface area (Å²) < 4.78 is 0. The first-order chi connectivity index (χ1) is 7.16. The van der Waals surface area contributed by atoms with Crippen molar-refractivity contribution in [3.63, 3.8) is 0 Å². The maximum atomic E-state index is 10.7. The van der Waals surface area contributed by atoms with Crippen LogP contribution in [-0.4, -0.2) is 33.4 Å². The molecule has 82 valence electrons. The first-order valence-electron chi connectivity index (χ1n) is 4.14. The van der Waals surface area contributed by atoms with E-state index in [9.17, 15) is 10.1 Å². The van der Waals surface area contributed by atoms with Gasteiger partial charge in [0.2, 0.25) is 11.6 Å². The minimum absolute atomic E-state index is 0.123. The molecule has 0 atom stereocenters. The van der Waals surface area contributed by atoms with E-state index in [1.807, 2.05) is 6.26 Å². The standard InChI is InChI=1S/C7H11N5O2S/c1-15-3-2-9-7-5(12(13)14)6(8)10-4-11-7/h4H,2-3H2,1H3,(H3,8,9,10,11). The Hall–Kier alpha value is -1.57. The van der Waals surface area contributed by atoms with Crippen LogP contribution < -0.4 is 11.1 Å². The Morgan fingerprint density at radius 3 is 3.00 bits per heavy atom. The molecule has 3 N–H and O–H groups in total. The molecule has 1 aromatic heterocycles. The third-order valence-electron chi connectivity index (χ3n) is 1.63. The molecule has 0 aliphatic rings. The quantitative estimate of drug-likeness (QED) is 0.435. The van der Waals surface area contributed by atoms with Crippen LogP contribution in [-0.2, 0) is 0 Å². The molecule has 1 aromatic rings. The van der Waals surface area contributed by atoms with Gasteiger partial charge >= 0.3 is 5.69 Å². The molecule has 1 heterocycles. The van der Waals surface area contributed by atoms with E-state index in [-0.39, 0.29) is 17.3 Å². The molecule has 15 heavy (non-hydrogen) atoms. The van der Waals surface area contributed by atoms with E-state index in [1.165, 1.54) is 6.33 Å². The molecule has 0 spiro atoms. The van der Waals surface area contributed by atoms with E-state index in [2.05, 4.69) is 15.3 Å². The van der Waals surface area contributed by atoms with Gasteiger partial charge in [0, 0.05) is 12.3 Å². The maximum absolute atomic E-state index is 10.7. The lowest BCUT2D eigenvalue weighted by Crippen LogP contribution is -2.10. The number of aromatic nitrogens is 2. The lowest BCUT2D eigenvalue weighted by Gasteiger charge is -2.05. The zero-order valence-electron chi connectivity index (χ0n) is 8.14. The number of hydrogen-bond donors (Lipinski definition) is 2. The summed E-state index contributed by atoms with van der Waals surface area (Å²) in [6.45, 7) is 0.596. The highest BCUT2D eigenvalue weighted by Crippen LogP contribution is 2.25. The summed E-state index contributed by atoms with van der Waals surface area (Å²) in [5.41, 5.74) is 5.12. The molecule has 0 fully saturated rings. The van der Waals surface area contributed by atoms with E-state index >= 15 is 0 Å². The van der Waals surface area contributed by atoms with E-state index in [1.54, 1.807) is 11.8 Å². The van der Waals surface area contributed by atoms with Gasteiger partial charge in [-0.25, -0.2) is 9.97 Å². The topological polar surface area (TPSA) is 107 Å². The summed E-state index contributed by atoms with van der Waals surface area (Å²) in [6, 6.07) is 0. The van der Waals surface area contributed by atoms with Crippen LogP contribution >= 0.6 is 11.8 Å². The number of anilines is 2. The average molecular weight is 229 g/mol. The molecule has 0 bridgehead atoms. The third-order valence-corrected chi connectivity index (χ3v) is 2.24. The number of nitrogens with one attached hydrogen (secondary N) is 1. The second-order valence-corrected chi connectivity index (χ2v) is 3.62. The molecule has 0 saturated carbocycles. The molecule has 0 saturated heterocycles. The van der Waals surface area contributed by atoms with Crippen molar-refractivity contribution in [2.75, 3.05) is 29.6 Å². The molecule has 8 heteroatoms. The highest BCUT2D eigenvalue weighted by Gasteiger charge is 2.19. The molecular formula is C7H11N5O2S. The van der Waals surface area contributed by atoms with Gasteiger partial charge in [0.15, 0.2) is 0 Å². The van der Waals surface area contributed by atoms with Crippen molar-refractivity contribution in [2.24, 2.45) is 0 Å². The van der Waals surface area contributed by atoms with Crippen LogP contribution in [0.1, 0.15) is 0 Å². The van der Waals surface area contributed by atoms with Crippen molar-refractivity contribution in [3.05, 3.63) is 16.4 Å². The molecule has 0 aliphatic carbocycles. The monoisotopic (exact) mass is 229 g/mol. The van der Waals surface area contributed by atoms with Crippen molar-refractivity contribution < 1.29 is 4.92 Å². The van der Waals surface area contributed by atoms with Crippen LogP contribution in [0.4, 0.5) is 17.3 Å². The van der Waals surface area contributed by atoms with Crippen molar-refractivity contribution in [1.29, 1.82) is 0 Å². The number of thioether (sulfide) groups is 1. The number of nitrogens with two attached hydrogens (primary N) is 1. The summed E-state index contributed by atoms with van der Waals surface area (Å²) in [5.74, 6) is 0.879. The van der Waals surface area contributed by atoms with Crippen LogP contribution in [0.15, 0.2) is 6.33 Å². The number of rotatable bonds is 5. The second kappa shape index (κ2) is 5.35. The van der Waals surface area contributed by atoms with Crippen LogP contribution in [0.3, 0.4) is 0 Å². The molecule has 1 rings (SSSR count). The summed E-state index contributed by atoms with van der Waals surface area (Å²) in [7, 11) is 0. The van der Waals surface area contributed by atoms with Gasteiger partial charge in [-0.15, -0.1) is 0 Å². The molecule has 0 aliphatic heterocycles. The van der Waals surface area contributed by atoms with E-state index < -0.39 is 4.92 Å². The van der Waals surface area contributed by atoms with Gasteiger partial charge in [0.1, 0.15) is 6.33 Å². The zero-order valence-corrected chi connectivity index (χ0v) is 8.95. The number of nitrogens with zero attached hydrogens (tertiary/aromatic N) is 3. The average Bonchev–Trinajstić information content (AvgIpc) is 2.17. The van der Waals surface area contributed by atoms with Crippen LogP contribution in [0, 0.1) is 10.1 Å². The van der Waals surface area contributed by atoms with E-state index in [0.717, 1.165) is 5.75 Å². The van der Waals surface area contributed by atoms with Crippen LogP contribution in [0.25, 0.3) is 0 Å². The fourth-order valence-electron chi connectivity index (χ4n) is 0.973. The Morgan fingerprint density at radius 1 is 1.67 bits per heavy atom. The molecule has 0 aromatic carbocycles. The fourth-order valence-corrected chi connectivity index (χ4v) is 1.28. The Morgan fingerprint density at radius 2 is 2.40 bits per heavy atom. The van der Waals surface area contributed by atoms with Crippen molar-refractivity contribution >= 4 is 29.1 Å². The lowest BCUT2D eigenvalue weighted by atomic mass is 10.4. The van der Waals surface area contributed by atoms with Gasteiger partial charge in [-0.2, -0.15) is 11.8 Å². The van der Waals surface area contributed by atoms with Gasteiger partial charge in [0.05, 0.1) is 4.92 Å². The van der Waals surface area contributed by atoms with E-state index in [4.69, 9.17) is 5.73 Å². The maximum Gasteiger partial charge on any atom is 0.352 e. The molecule has 7 nitrogen and oxygen atoms in total. The predicted octanol–water partition coefficient (Wildman–Crippen LogP) is 0.742. The summed E-state index contributed by atoms with van der Waals surface area (Å²) in [4.78, 5) is 17.4. The molecule has 0 amide bonds. The fraction of sp³-hybridized carbons (Fsp3) is 0.429. The Labute approximate surface area is 90.6 Å². The number of nitrogen functional groups attached to an aromatic ring is 1. The van der Waals surface area contributed by atoms with Gasteiger partial charge in [0.25, 0.3) is 0 Å². The minimum atomic E-state index is -0.587. The van der Waals surface area contributed by atoms with Crippen molar-refractivity contribution in [1.82, 2.24) is 9.97 Å². The smallest absolute Gasteiger partial charge is 0.352 e. The number of nitro groups is 1. The normalized spacial score (nSPS) is 9.93. The molecule has 0 radical (unpaired) electrons. The first kappa shape index (κ1) is 11.5. The Bertz CT molecular complexity index is 359. The van der Waals surface area contributed by atoms with Crippen LogP contribution in [0.2, 0.25) is 0 Å². The van der Waals surface area contributed by atoms with Gasteiger partial charge in [-0.3, -0.25) is 10.1 Å². The van der Waals surface area contributed by atoms with Crippen molar-refractivity contribution in [2.45, 2.75) is 0 Å². The largest absolute Gasteiger partial charge is 0.378 e. The van der Waals surface area contributed by atoms with Gasteiger partial charge in [-0.05, 0) is 6.26 Å². The van der Waals surface area contributed by atoms with Crippen molar-refractivity contribution in [3.8, 4) is 0 Å². The van der Waals surface area contributed by atoms with Gasteiger partial charge in [-0.1, -0.05) is 0 Å². The third kappa shape index (κ3) is 2.94. The SMILES string of the molecule is CSCCNc1ncnc(N)c1[N+](=O)[O-]. The molecular weight excluding hydrogens is 218 g/mol. The number of hydrogen-bond acceptors (Lipinski definition) is 7. The highest BCUT2D eigenvalue weighted by molar-refractivity contribution is 7.98. The van der Waals surface area contributed by atoms with Gasteiger partial charge < -0.3 is 11.1 Å². The molecule has 0 unspecified atom stereocenters. The zero-order chi connectivity index (χ0) is 11.3. The summed E-state index contributed by atoms with van der Waals surface area (Å²) in [5, 5.41) is 13.5. The second-order valence-electron chi connectivity index (χ2n) is 2.63. The lowest BCUT2D eigenvalue weighted by molar-refractivity contribution is -0.383.